The molecule has 1 unspecified atom stereocenters. The van der Waals surface area contributed by atoms with E-state index in [9.17, 15) is 4.79 Å². The first-order valence-electron chi connectivity index (χ1n) is 3.69. The number of anilines is 1. The predicted octanol–water partition coefficient (Wildman–Crippen LogP) is -0.712. The van der Waals surface area contributed by atoms with Crippen LogP contribution >= 0.6 is 0 Å². The molecule has 0 bridgehead atoms. The van der Waals surface area contributed by atoms with Crippen LogP contribution in [0.2, 0.25) is 0 Å². The van der Waals surface area contributed by atoms with Crippen molar-refractivity contribution in [3.8, 4) is 5.88 Å². The number of imidazole rings is 1. The summed E-state index contributed by atoms with van der Waals surface area (Å²) in [6.45, 7) is 1.31. The van der Waals surface area contributed by atoms with Gasteiger partial charge in [0.05, 0.1) is 6.20 Å². The number of nitrogens with zero attached hydrogens (tertiary/aromatic N) is 2. The van der Waals surface area contributed by atoms with Crippen LogP contribution in [0.4, 0.5) is 5.95 Å². The van der Waals surface area contributed by atoms with Gasteiger partial charge in [-0.05, 0) is 6.92 Å². The van der Waals surface area contributed by atoms with E-state index in [2.05, 4.69) is 9.72 Å². The Labute approximate surface area is 74.9 Å². The molecule has 1 aromatic heterocycles. The van der Waals surface area contributed by atoms with Crippen molar-refractivity contribution in [2.45, 2.75) is 13.0 Å². The number of aliphatic hydroxyl groups excluding tert-OH is 1. The van der Waals surface area contributed by atoms with Crippen molar-refractivity contribution >= 4 is 11.9 Å². The van der Waals surface area contributed by atoms with Crippen LogP contribution in [0.25, 0.3) is 0 Å². The topological polar surface area (TPSA) is 90.4 Å². The van der Waals surface area contributed by atoms with Crippen molar-refractivity contribution in [3.63, 3.8) is 0 Å². The molecule has 0 aromatic carbocycles. The number of aromatic nitrogens is 2. The number of hydrogen-bond acceptors (Lipinski definition) is 5. The maximum Gasteiger partial charge on any atom is 0.341 e. The lowest BCUT2D eigenvalue weighted by Crippen LogP contribution is -2.22. The third-order valence-corrected chi connectivity index (χ3v) is 1.44. The molecule has 72 valence electrons. The Kier molecular flexibility index (Phi) is 2.52. The molecule has 0 saturated heterocycles. The third-order valence-electron chi connectivity index (χ3n) is 1.44. The standard InChI is InChI=1S/C7H11N3O3/c1-4(11)6(12)13-5-3-10(2)7(8)9-5/h3-4,11H,1-2H3,(H2,8,9). The SMILES string of the molecule is CC(O)C(=O)Oc1cn(C)c(N)n1. The number of nitrogens with two attached hydrogens (primary N) is 1. The van der Waals surface area contributed by atoms with E-state index < -0.39 is 12.1 Å². The normalized spacial score (nSPS) is 12.5. The highest BCUT2D eigenvalue weighted by molar-refractivity contribution is 5.76. The predicted molar refractivity (Wildman–Crippen MR) is 44.9 cm³/mol. The maximum atomic E-state index is 10.9. The van der Waals surface area contributed by atoms with Crippen LogP contribution in [0.5, 0.6) is 5.88 Å². The van der Waals surface area contributed by atoms with E-state index in [1.54, 1.807) is 7.05 Å². The fourth-order valence-corrected chi connectivity index (χ4v) is 0.690. The second-order valence-electron chi connectivity index (χ2n) is 2.65. The highest BCUT2D eigenvalue weighted by atomic mass is 16.6. The molecule has 3 N–H and O–H groups in total. The second kappa shape index (κ2) is 3.44. The van der Waals surface area contributed by atoms with Crippen molar-refractivity contribution in [1.82, 2.24) is 9.55 Å². The molecular formula is C7H11N3O3. The summed E-state index contributed by atoms with van der Waals surface area (Å²) < 4.78 is 6.18. The van der Waals surface area contributed by atoms with Gasteiger partial charge in [0.15, 0.2) is 0 Å². The molecule has 0 radical (unpaired) electrons. The molecule has 6 heteroatoms. The highest BCUT2D eigenvalue weighted by Gasteiger charge is 2.13. The minimum absolute atomic E-state index is 0.0888. The number of rotatable bonds is 2. The van der Waals surface area contributed by atoms with Gasteiger partial charge in [0.1, 0.15) is 6.10 Å². The summed E-state index contributed by atoms with van der Waals surface area (Å²) in [7, 11) is 1.67. The Morgan fingerprint density at radius 2 is 2.46 bits per heavy atom. The summed E-state index contributed by atoms with van der Waals surface area (Å²) >= 11 is 0. The summed E-state index contributed by atoms with van der Waals surface area (Å²) in [6.07, 6.45) is 0.290. The average Bonchev–Trinajstić information content (AvgIpc) is 2.31. The number of carbonyl (C=O) groups excluding carboxylic acids is 1. The van der Waals surface area contributed by atoms with Crippen LogP contribution in [0.1, 0.15) is 6.92 Å². The van der Waals surface area contributed by atoms with Gasteiger partial charge >= 0.3 is 5.97 Å². The van der Waals surface area contributed by atoms with Gasteiger partial charge in [-0.3, -0.25) is 0 Å². The van der Waals surface area contributed by atoms with E-state index >= 15 is 0 Å². The van der Waals surface area contributed by atoms with Crippen molar-refractivity contribution in [2.24, 2.45) is 7.05 Å². The van der Waals surface area contributed by atoms with Crippen molar-refractivity contribution in [1.29, 1.82) is 0 Å². The van der Waals surface area contributed by atoms with Gasteiger partial charge in [0, 0.05) is 7.05 Å². The van der Waals surface area contributed by atoms with Gasteiger partial charge in [-0.1, -0.05) is 0 Å². The number of carbonyl (C=O) groups is 1. The number of esters is 1. The van der Waals surface area contributed by atoms with E-state index in [4.69, 9.17) is 10.8 Å². The average molecular weight is 185 g/mol. The summed E-state index contributed by atoms with van der Waals surface area (Å²) in [5, 5.41) is 8.82. The minimum Gasteiger partial charge on any atom is -0.404 e. The van der Waals surface area contributed by atoms with Crippen molar-refractivity contribution in [2.75, 3.05) is 5.73 Å². The summed E-state index contributed by atoms with van der Waals surface area (Å²) in [5.74, 6) is -0.419. The second-order valence-corrected chi connectivity index (χ2v) is 2.65. The Hall–Kier alpha value is -1.56. The van der Waals surface area contributed by atoms with Crippen LogP contribution in [-0.4, -0.2) is 26.7 Å². The lowest BCUT2D eigenvalue weighted by Gasteiger charge is -2.01. The molecule has 1 atom stereocenters. The third kappa shape index (κ3) is 2.19. The fourth-order valence-electron chi connectivity index (χ4n) is 0.690. The number of nitrogen functional groups attached to an aromatic ring is 1. The molecule has 0 aliphatic carbocycles. The molecule has 13 heavy (non-hydrogen) atoms. The first kappa shape index (κ1) is 9.53. The monoisotopic (exact) mass is 185 g/mol. The highest BCUT2D eigenvalue weighted by Crippen LogP contribution is 2.11. The number of aliphatic hydroxyl groups is 1. The number of ether oxygens (including phenoxy) is 1. The van der Waals surface area contributed by atoms with E-state index in [0.717, 1.165) is 0 Å². The molecule has 0 aliphatic rings. The summed E-state index contributed by atoms with van der Waals surface area (Å²) in [5.41, 5.74) is 5.39. The Morgan fingerprint density at radius 1 is 1.85 bits per heavy atom. The van der Waals surface area contributed by atoms with Gasteiger partial charge in [0.25, 0.3) is 0 Å². The molecule has 1 aromatic rings. The number of hydrogen-bond donors (Lipinski definition) is 2. The molecule has 0 amide bonds. The molecule has 0 saturated carbocycles. The van der Waals surface area contributed by atoms with Crippen LogP contribution in [0, 0.1) is 0 Å². The van der Waals surface area contributed by atoms with E-state index in [1.807, 2.05) is 0 Å². The van der Waals surface area contributed by atoms with Gasteiger partial charge in [-0.15, -0.1) is 0 Å². The van der Waals surface area contributed by atoms with Gasteiger partial charge < -0.3 is 20.1 Å². The smallest absolute Gasteiger partial charge is 0.341 e. The molecule has 1 heterocycles. The van der Waals surface area contributed by atoms with Crippen molar-refractivity contribution in [3.05, 3.63) is 6.20 Å². The lowest BCUT2D eigenvalue weighted by atomic mass is 10.4. The molecule has 0 fully saturated rings. The van der Waals surface area contributed by atoms with E-state index in [1.165, 1.54) is 17.7 Å². The van der Waals surface area contributed by atoms with Crippen LogP contribution in [-0.2, 0) is 11.8 Å². The summed E-state index contributed by atoms with van der Waals surface area (Å²) in [4.78, 5) is 14.6. The van der Waals surface area contributed by atoms with Crippen LogP contribution < -0.4 is 10.5 Å². The zero-order chi connectivity index (χ0) is 10.0. The molecule has 0 spiro atoms. The Balaban J connectivity index is 2.70. The van der Waals surface area contributed by atoms with E-state index in [0.29, 0.717) is 0 Å². The first-order valence-corrected chi connectivity index (χ1v) is 3.69. The Bertz CT molecular complexity index is 299. The molecular weight excluding hydrogens is 174 g/mol. The lowest BCUT2D eigenvalue weighted by molar-refractivity contribution is -0.142. The first-order chi connectivity index (χ1) is 6.00. The molecule has 6 nitrogen and oxygen atoms in total. The Morgan fingerprint density at radius 3 is 2.85 bits per heavy atom. The number of aryl methyl sites for hydroxylation is 1. The fraction of sp³-hybridized carbons (Fsp3) is 0.429. The minimum atomic E-state index is -1.16. The van der Waals surface area contributed by atoms with E-state index in [-0.39, 0.29) is 11.8 Å². The van der Waals surface area contributed by atoms with Crippen LogP contribution in [0.3, 0.4) is 0 Å². The zero-order valence-electron chi connectivity index (χ0n) is 7.39. The maximum absolute atomic E-state index is 10.9. The zero-order valence-corrected chi connectivity index (χ0v) is 7.39. The largest absolute Gasteiger partial charge is 0.404 e. The molecule has 0 aliphatic heterocycles. The van der Waals surface area contributed by atoms with Gasteiger partial charge in [-0.25, -0.2) is 4.79 Å². The van der Waals surface area contributed by atoms with Crippen molar-refractivity contribution < 1.29 is 14.6 Å². The van der Waals surface area contributed by atoms with Gasteiger partial charge in [0.2, 0.25) is 11.8 Å². The summed E-state index contributed by atoms with van der Waals surface area (Å²) in [6, 6.07) is 0. The quantitative estimate of drug-likeness (QED) is 0.594. The van der Waals surface area contributed by atoms with Crippen LogP contribution in [0.15, 0.2) is 6.20 Å². The van der Waals surface area contributed by atoms with Gasteiger partial charge in [-0.2, -0.15) is 4.98 Å². The molecule has 1 rings (SSSR count).